The van der Waals surface area contributed by atoms with Crippen molar-refractivity contribution >= 4 is 21.7 Å². The predicted molar refractivity (Wildman–Crippen MR) is 68.3 cm³/mol. The lowest BCUT2D eigenvalue weighted by Crippen LogP contribution is -2.06. The Morgan fingerprint density at radius 3 is 2.65 bits per heavy atom. The third kappa shape index (κ3) is 3.78. The van der Waals surface area contributed by atoms with Crippen LogP contribution < -0.4 is 5.32 Å². The minimum absolute atomic E-state index is 0.207. The Balaban J connectivity index is 1.85. The number of benzene rings is 1. The molecule has 0 amide bonds. The zero-order chi connectivity index (χ0) is 12.1. The van der Waals surface area contributed by atoms with E-state index in [2.05, 4.69) is 31.2 Å². The van der Waals surface area contributed by atoms with Gasteiger partial charge in [0.25, 0.3) is 0 Å². The highest BCUT2D eigenvalue weighted by Gasteiger charge is 1.97. The average molecular weight is 296 g/mol. The minimum atomic E-state index is -0.207. The van der Waals surface area contributed by atoms with Crippen molar-refractivity contribution in [2.24, 2.45) is 0 Å². The molecular weight excluding hydrogens is 285 g/mol. The maximum atomic E-state index is 12.7. The summed E-state index contributed by atoms with van der Waals surface area (Å²) in [6, 6.07) is 8.32. The number of anilines is 1. The molecule has 0 spiro atoms. The summed E-state index contributed by atoms with van der Waals surface area (Å²) in [5, 5.41) is 3.17. The lowest BCUT2D eigenvalue weighted by atomic mass is 10.1. The standard InChI is InChI=1S/C12H11BrFN3/c13-11-7-12(17-8-16-11)15-6-5-9-1-3-10(14)4-2-9/h1-4,7-8H,5-6H2,(H,15,16,17). The fourth-order valence-corrected chi connectivity index (χ4v) is 1.72. The summed E-state index contributed by atoms with van der Waals surface area (Å²) >= 11 is 3.27. The van der Waals surface area contributed by atoms with Gasteiger partial charge in [0, 0.05) is 12.6 Å². The van der Waals surface area contributed by atoms with Crippen molar-refractivity contribution in [3.63, 3.8) is 0 Å². The first-order valence-electron chi connectivity index (χ1n) is 5.20. The van der Waals surface area contributed by atoms with Crippen LogP contribution in [-0.4, -0.2) is 16.5 Å². The molecule has 88 valence electrons. The highest BCUT2D eigenvalue weighted by atomic mass is 79.9. The van der Waals surface area contributed by atoms with E-state index in [1.165, 1.54) is 18.5 Å². The van der Waals surface area contributed by atoms with Crippen molar-refractivity contribution in [2.75, 3.05) is 11.9 Å². The molecule has 0 bridgehead atoms. The largest absolute Gasteiger partial charge is 0.370 e. The van der Waals surface area contributed by atoms with E-state index in [1.807, 2.05) is 6.07 Å². The van der Waals surface area contributed by atoms with Gasteiger partial charge in [-0.3, -0.25) is 0 Å². The summed E-state index contributed by atoms with van der Waals surface area (Å²) in [4.78, 5) is 8.01. The van der Waals surface area contributed by atoms with Crippen LogP contribution in [0.2, 0.25) is 0 Å². The molecule has 0 saturated heterocycles. The molecule has 2 aromatic rings. The zero-order valence-corrected chi connectivity index (χ0v) is 10.6. The van der Waals surface area contributed by atoms with Gasteiger partial charge in [-0.1, -0.05) is 12.1 Å². The Hall–Kier alpha value is -1.49. The second-order valence-corrected chi connectivity index (χ2v) is 4.34. The van der Waals surface area contributed by atoms with Crippen molar-refractivity contribution in [1.82, 2.24) is 9.97 Å². The maximum Gasteiger partial charge on any atom is 0.130 e. The fourth-order valence-electron chi connectivity index (χ4n) is 1.42. The Labute approximate surface area is 107 Å². The van der Waals surface area contributed by atoms with Crippen LogP contribution in [0.5, 0.6) is 0 Å². The van der Waals surface area contributed by atoms with Crippen LogP contribution in [0.3, 0.4) is 0 Å². The summed E-state index contributed by atoms with van der Waals surface area (Å²) in [6.45, 7) is 0.745. The number of nitrogens with one attached hydrogen (secondary N) is 1. The van der Waals surface area contributed by atoms with E-state index in [-0.39, 0.29) is 5.82 Å². The molecule has 0 unspecified atom stereocenters. The lowest BCUT2D eigenvalue weighted by molar-refractivity contribution is 0.627. The van der Waals surface area contributed by atoms with Gasteiger partial charge in [0.1, 0.15) is 22.6 Å². The van der Waals surface area contributed by atoms with E-state index in [4.69, 9.17) is 0 Å². The first-order valence-corrected chi connectivity index (χ1v) is 5.99. The molecule has 0 atom stereocenters. The molecular formula is C12H11BrFN3. The van der Waals surface area contributed by atoms with Crippen molar-refractivity contribution in [3.05, 3.63) is 52.6 Å². The second-order valence-electron chi connectivity index (χ2n) is 3.53. The quantitative estimate of drug-likeness (QED) is 0.881. The van der Waals surface area contributed by atoms with Gasteiger partial charge in [0.05, 0.1) is 0 Å². The van der Waals surface area contributed by atoms with Gasteiger partial charge in [-0.15, -0.1) is 0 Å². The van der Waals surface area contributed by atoms with Gasteiger partial charge in [-0.05, 0) is 40.0 Å². The topological polar surface area (TPSA) is 37.8 Å². The lowest BCUT2D eigenvalue weighted by Gasteiger charge is -2.05. The maximum absolute atomic E-state index is 12.7. The molecule has 0 saturated carbocycles. The Morgan fingerprint density at radius 1 is 1.18 bits per heavy atom. The van der Waals surface area contributed by atoms with Crippen LogP contribution in [0.1, 0.15) is 5.56 Å². The van der Waals surface area contributed by atoms with Crippen LogP contribution in [0, 0.1) is 5.82 Å². The summed E-state index contributed by atoms with van der Waals surface area (Å²) in [5.74, 6) is 0.565. The van der Waals surface area contributed by atoms with Gasteiger partial charge in [0.2, 0.25) is 0 Å². The van der Waals surface area contributed by atoms with Crippen molar-refractivity contribution in [3.8, 4) is 0 Å². The molecule has 0 aliphatic rings. The van der Waals surface area contributed by atoms with Crippen LogP contribution in [0.4, 0.5) is 10.2 Å². The van der Waals surface area contributed by atoms with Crippen LogP contribution in [0.25, 0.3) is 0 Å². The molecule has 1 heterocycles. The molecule has 17 heavy (non-hydrogen) atoms. The van der Waals surface area contributed by atoms with Gasteiger partial charge < -0.3 is 5.32 Å². The monoisotopic (exact) mass is 295 g/mol. The molecule has 1 aromatic heterocycles. The van der Waals surface area contributed by atoms with Crippen molar-refractivity contribution in [1.29, 1.82) is 0 Å². The Morgan fingerprint density at radius 2 is 1.94 bits per heavy atom. The molecule has 0 aliphatic heterocycles. The molecule has 5 heteroatoms. The van der Waals surface area contributed by atoms with E-state index < -0.39 is 0 Å². The van der Waals surface area contributed by atoms with Crippen LogP contribution in [-0.2, 0) is 6.42 Å². The fraction of sp³-hybridized carbons (Fsp3) is 0.167. The smallest absolute Gasteiger partial charge is 0.130 e. The van der Waals surface area contributed by atoms with Crippen molar-refractivity contribution < 1.29 is 4.39 Å². The number of nitrogens with zero attached hydrogens (tertiary/aromatic N) is 2. The molecule has 0 fully saturated rings. The van der Waals surface area contributed by atoms with Gasteiger partial charge in [-0.2, -0.15) is 0 Å². The van der Waals surface area contributed by atoms with Gasteiger partial charge in [-0.25, -0.2) is 14.4 Å². The van der Waals surface area contributed by atoms with E-state index in [0.717, 1.165) is 29.0 Å². The summed E-state index contributed by atoms with van der Waals surface area (Å²) in [5.41, 5.74) is 1.09. The third-order valence-corrected chi connectivity index (χ3v) is 2.70. The highest BCUT2D eigenvalue weighted by molar-refractivity contribution is 9.10. The Bertz CT molecular complexity index is 487. The number of hydrogen-bond acceptors (Lipinski definition) is 3. The van der Waals surface area contributed by atoms with Crippen LogP contribution in [0.15, 0.2) is 41.3 Å². The van der Waals surface area contributed by atoms with Crippen molar-refractivity contribution in [2.45, 2.75) is 6.42 Å². The number of rotatable bonds is 4. The summed E-state index contributed by atoms with van der Waals surface area (Å²) in [7, 11) is 0. The van der Waals surface area contributed by atoms with Crippen LogP contribution >= 0.6 is 15.9 Å². The SMILES string of the molecule is Fc1ccc(CCNc2cc(Br)ncn2)cc1. The first kappa shape index (κ1) is 12.0. The molecule has 0 aliphatic carbocycles. The number of aromatic nitrogens is 2. The summed E-state index contributed by atoms with van der Waals surface area (Å²) in [6.07, 6.45) is 2.31. The predicted octanol–water partition coefficient (Wildman–Crippen LogP) is 3.03. The molecule has 2 rings (SSSR count). The van der Waals surface area contributed by atoms with E-state index >= 15 is 0 Å². The minimum Gasteiger partial charge on any atom is -0.370 e. The second kappa shape index (κ2) is 5.72. The van der Waals surface area contributed by atoms with E-state index in [9.17, 15) is 4.39 Å². The number of hydrogen-bond donors (Lipinski definition) is 1. The van der Waals surface area contributed by atoms with E-state index in [1.54, 1.807) is 12.1 Å². The third-order valence-electron chi connectivity index (χ3n) is 2.27. The Kier molecular flexibility index (Phi) is 4.03. The zero-order valence-electron chi connectivity index (χ0n) is 9.03. The highest BCUT2D eigenvalue weighted by Crippen LogP contribution is 2.10. The number of halogens is 2. The van der Waals surface area contributed by atoms with Gasteiger partial charge in [0.15, 0.2) is 0 Å². The molecule has 0 radical (unpaired) electrons. The summed E-state index contributed by atoms with van der Waals surface area (Å²) < 4.78 is 13.4. The molecule has 1 aromatic carbocycles. The van der Waals surface area contributed by atoms with Gasteiger partial charge >= 0.3 is 0 Å². The van der Waals surface area contributed by atoms with E-state index in [0.29, 0.717) is 0 Å². The molecule has 1 N–H and O–H groups in total. The average Bonchev–Trinajstić information content (AvgIpc) is 2.32. The first-order chi connectivity index (χ1) is 8.24. The normalized spacial score (nSPS) is 10.2. The molecule has 3 nitrogen and oxygen atoms in total.